The highest BCUT2D eigenvalue weighted by Gasteiger charge is 2.24. The van der Waals surface area contributed by atoms with Crippen LogP contribution in [0.2, 0.25) is 0 Å². The monoisotopic (exact) mass is 336 g/mol. The molecule has 0 bridgehead atoms. The molecule has 7 heteroatoms. The van der Waals surface area contributed by atoms with Gasteiger partial charge in [0.25, 0.3) is 5.24 Å². The lowest BCUT2D eigenvalue weighted by atomic mass is 10.1. The first-order valence-corrected chi connectivity index (χ1v) is 8.72. The number of hydrogen-bond acceptors (Lipinski definition) is 5. The summed E-state index contributed by atoms with van der Waals surface area (Å²) < 4.78 is 11.3. The van der Waals surface area contributed by atoms with Crippen LogP contribution in [0.25, 0.3) is 0 Å². The molecule has 3 rings (SSSR count). The first kappa shape index (κ1) is 16.0. The molecule has 2 aliphatic heterocycles. The quantitative estimate of drug-likeness (QED) is 0.913. The van der Waals surface area contributed by atoms with E-state index in [0.29, 0.717) is 25.5 Å². The maximum Gasteiger partial charge on any atom is 0.282 e. The maximum absolute atomic E-state index is 12.1. The van der Waals surface area contributed by atoms with Gasteiger partial charge in [-0.05, 0) is 24.6 Å². The fourth-order valence-electron chi connectivity index (χ4n) is 2.56. The number of fused-ring (bicyclic) bond motifs is 1. The van der Waals surface area contributed by atoms with Crippen LogP contribution < -0.4 is 14.8 Å². The number of rotatable bonds is 4. The number of benzene rings is 1. The van der Waals surface area contributed by atoms with Gasteiger partial charge in [0.05, 0.1) is 19.3 Å². The van der Waals surface area contributed by atoms with Crippen LogP contribution >= 0.6 is 11.8 Å². The molecule has 2 heterocycles. The lowest BCUT2D eigenvalue weighted by molar-refractivity contribution is -0.122. The van der Waals surface area contributed by atoms with E-state index in [1.807, 2.05) is 25.1 Å². The van der Waals surface area contributed by atoms with Crippen molar-refractivity contribution in [1.82, 2.24) is 10.2 Å². The standard InChI is InChI=1S/C16H20N2O4S/c1-11(17-15(19)10-18-5-8-23-16(18)20)12-3-4-13-14(9-12)22-7-2-6-21-13/h3-4,9,11H,2,5-8,10H2,1H3,(H,17,19)/t11-/m1/s1. The van der Waals surface area contributed by atoms with E-state index in [0.717, 1.165) is 23.5 Å². The van der Waals surface area contributed by atoms with Crippen molar-refractivity contribution in [2.24, 2.45) is 0 Å². The average molecular weight is 336 g/mol. The Bertz CT molecular complexity index is 608. The van der Waals surface area contributed by atoms with Crippen molar-refractivity contribution < 1.29 is 19.1 Å². The molecule has 0 radical (unpaired) electrons. The second-order valence-corrected chi connectivity index (χ2v) is 6.63. The largest absolute Gasteiger partial charge is 0.490 e. The predicted molar refractivity (Wildman–Crippen MR) is 88.0 cm³/mol. The van der Waals surface area contributed by atoms with Crippen LogP contribution in [0.4, 0.5) is 4.79 Å². The summed E-state index contributed by atoms with van der Waals surface area (Å²) in [4.78, 5) is 25.2. The van der Waals surface area contributed by atoms with Crippen LogP contribution in [0.3, 0.4) is 0 Å². The van der Waals surface area contributed by atoms with Crippen LogP contribution in [-0.2, 0) is 4.79 Å². The van der Waals surface area contributed by atoms with Gasteiger partial charge in [-0.2, -0.15) is 0 Å². The molecule has 23 heavy (non-hydrogen) atoms. The Morgan fingerprint density at radius 1 is 1.35 bits per heavy atom. The zero-order chi connectivity index (χ0) is 16.2. The Morgan fingerprint density at radius 3 is 2.87 bits per heavy atom. The van der Waals surface area contributed by atoms with Gasteiger partial charge < -0.3 is 19.7 Å². The van der Waals surface area contributed by atoms with E-state index in [1.54, 1.807) is 4.90 Å². The summed E-state index contributed by atoms with van der Waals surface area (Å²) in [7, 11) is 0. The molecule has 1 saturated heterocycles. The molecule has 2 aliphatic rings. The number of nitrogens with one attached hydrogen (secondary N) is 1. The number of nitrogens with zero attached hydrogens (tertiary/aromatic N) is 1. The minimum atomic E-state index is -0.162. The van der Waals surface area contributed by atoms with Gasteiger partial charge in [-0.3, -0.25) is 9.59 Å². The summed E-state index contributed by atoms with van der Waals surface area (Å²) in [5, 5.41) is 2.90. The summed E-state index contributed by atoms with van der Waals surface area (Å²) in [5.74, 6) is 2.06. The third-order valence-electron chi connectivity index (χ3n) is 3.83. The van der Waals surface area contributed by atoms with Crippen LogP contribution in [0, 0.1) is 0 Å². The van der Waals surface area contributed by atoms with Gasteiger partial charge in [0, 0.05) is 18.7 Å². The third kappa shape index (κ3) is 3.90. The molecule has 0 spiro atoms. The summed E-state index contributed by atoms with van der Waals surface area (Å²) in [5.41, 5.74) is 0.949. The Labute approximate surface area is 139 Å². The first-order chi connectivity index (χ1) is 11.1. The molecule has 1 fully saturated rings. The SMILES string of the molecule is C[C@@H](NC(=O)CN1CCSC1=O)c1ccc2c(c1)OCCCO2. The molecular formula is C16H20N2O4S. The third-order valence-corrected chi connectivity index (χ3v) is 4.72. The number of carbonyl (C=O) groups excluding carboxylic acids is 2. The molecule has 1 atom stereocenters. The van der Waals surface area contributed by atoms with Crippen molar-refractivity contribution in [2.45, 2.75) is 19.4 Å². The zero-order valence-corrected chi connectivity index (χ0v) is 13.9. The average Bonchev–Trinajstić information content (AvgIpc) is 2.80. The molecule has 124 valence electrons. The zero-order valence-electron chi connectivity index (χ0n) is 13.0. The lowest BCUT2D eigenvalue weighted by Gasteiger charge is -2.19. The maximum atomic E-state index is 12.1. The van der Waals surface area contributed by atoms with Crippen molar-refractivity contribution in [2.75, 3.05) is 32.1 Å². The molecular weight excluding hydrogens is 316 g/mol. The van der Waals surface area contributed by atoms with E-state index in [2.05, 4.69) is 5.32 Å². The molecule has 1 aromatic carbocycles. The minimum absolute atomic E-state index is 0.0246. The molecule has 0 aromatic heterocycles. The minimum Gasteiger partial charge on any atom is -0.490 e. The van der Waals surface area contributed by atoms with E-state index < -0.39 is 0 Å². The van der Waals surface area contributed by atoms with Crippen molar-refractivity contribution >= 4 is 22.9 Å². The number of thioether (sulfide) groups is 1. The van der Waals surface area contributed by atoms with E-state index in [9.17, 15) is 9.59 Å². The van der Waals surface area contributed by atoms with Crippen molar-refractivity contribution in [3.8, 4) is 11.5 Å². The Balaban J connectivity index is 1.61. The Morgan fingerprint density at radius 2 is 2.13 bits per heavy atom. The van der Waals surface area contributed by atoms with Gasteiger partial charge in [-0.15, -0.1) is 0 Å². The van der Waals surface area contributed by atoms with E-state index in [-0.39, 0.29) is 23.7 Å². The fourth-order valence-corrected chi connectivity index (χ4v) is 3.39. The number of carbonyl (C=O) groups is 2. The molecule has 1 aromatic rings. The molecule has 6 nitrogen and oxygen atoms in total. The van der Waals surface area contributed by atoms with E-state index in [1.165, 1.54) is 11.8 Å². The van der Waals surface area contributed by atoms with Crippen LogP contribution in [0.1, 0.15) is 24.9 Å². The van der Waals surface area contributed by atoms with Crippen molar-refractivity contribution in [1.29, 1.82) is 0 Å². The number of hydrogen-bond donors (Lipinski definition) is 1. The van der Waals surface area contributed by atoms with Gasteiger partial charge in [-0.1, -0.05) is 17.8 Å². The van der Waals surface area contributed by atoms with Gasteiger partial charge in [0.2, 0.25) is 5.91 Å². The molecule has 0 saturated carbocycles. The molecule has 1 N–H and O–H groups in total. The van der Waals surface area contributed by atoms with E-state index in [4.69, 9.17) is 9.47 Å². The van der Waals surface area contributed by atoms with Crippen LogP contribution in [0.5, 0.6) is 11.5 Å². The smallest absolute Gasteiger partial charge is 0.282 e. The molecule has 0 aliphatic carbocycles. The van der Waals surface area contributed by atoms with Gasteiger partial charge in [-0.25, -0.2) is 0 Å². The number of amides is 2. The first-order valence-electron chi connectivity index (χ1n) is 7.74. The summed E-state index contributed by atoms with van der Waals surface area (Å²) in [6.45, 7) is 3.94. The predicted octanol–water partition coefficient (Wildman–Crippen LogP) is 2.19. The molecule has 0 unspecified atom stereocenters. The summed E-state index contributed by atoms with van der Waals surface area (Å²) in [6, 6.07) is 5.54. The molecule has 2 amide bonds. The second-order valence-electron chi connectivity index (χ2n) is 5.58. The highest BCUT2D eigenvalue weighted by atomic mass is 32.2. The highest BCUT2D eigenvalue weighted by molar-refractivity contribution is 8.13. The summed E-state index contributed by atoms with van der Waals surface area (Å²) in [6.07, 6.45) is 0.859. The highest BCUT2D eigenvalue weighted by Crippen LogP contribution is 2.32. The normalized spacial score (nSPS) is 18.5. The van der Waals surface area contributed by atoms with Crippen molar-refractivity contribution in [3.05, 3.63) is 23.8 Å². The van der Waals surface area contributed by atoms with Gasteiger partial charge >= 0.3 is 0 Å². The topological polar surface area (TPSA) is 67.9 Å². The van der Waals surface area contributed by atoms with Gasteiger partial charge in [0.1, 0.15) is 6.54 Å². The van der Waals surface area contributed by atoms with E-state index >= 15 is 0 Å². The Kier molecular flexibility index (Phi) is 4.95. The lowest BCUT2D eigenvalue weighted by Crippen LogP contribution is -2.38. The number of ether oxygens (including phenoxy) is 2. The summed E-state index contributed by atoms with van der Waals surface area (Å²) >= 11 is 1.26. The van der Waals surface area contributed by atoms with Crippen LogP contribution in [0.15, 0.2) is 18.2 Å². The van der Waals surface area contributed by atoms with Gasteiger partial charge in [0.15, 0.2) is 11.5 Å². The second kappa shape index (κ2) is 7.12. The fraction of sp³-hybridized carbons (Fsp3) is 0.500. The van der Waals surface area contributed by atoms with Crippen LogP contribution in [-0.4, -0.2) is 48.1 Å². The van der Waals surface area contributed by atoms with Crippen molar-refractivity contribution in [3.63, 3.8) is 0 Å². The Hall–Kier alpha value is -1.89.